The van der Waals surface area contributed by atoms with Crippen molar-refractivity contribution in [1.82, 2.24) is 9.80 Å². The third-order valence-corrected chi connectivity index (χ3v) is 6.32. The summed E-state index contributed by atoms with van der Waals surface area (Å²) in [5.41, 5.74) is 2.55. The van der Waals surface area contributed by atoms with Crippen molar-refractivity contribution < 1.29 is 9.53 Å². The summed E-state index contributed by atoms with van der Waals surface area (Å²) in [4.78, 5) is 17.5. The van der Waals surface area contributed by atoms with E-state index < -0.39 is 0 Å². The summed E-state index contributed by atoms with van der Waals surface area (Å²) in [7, 11) is 1.68. The lowest BCUT2D eigenvalue weighted by molar-refractivity contribution is -0.132. The van der Waals surface area contributed by atoms with E-state index in [4.69, 9.17) is 4.74 Å². The Kier molecular flexibility index (Phi) is 5.96. The van der Waals surface area contributed by atoms with Gasteiger partial charge in [0.25, 0.3) is 0 Å². The van der Waals surface area contributed by atoms with Gasteiger partial charge in [0.1, 0.15) is 5.75 Å². The van der Waals surface area contributed by atoms with E-state index in [1.54, 1.807) is 7.11 Å². The maximum absolute atomic E-state index is 12.9. The van der Waals surface area contributed by atoms with Crippen LogP contribution in [-0.2, 0) is 17.9 Å². The molecule has 2 atom stereocenters. The molecule has 2 aromatic carbocycles. The molecule has 1 amide bonds. The second-order valence-corrected chi connectivity index (χ2v) is 8.19. The van der Waals surface area contributed by atoms with Gasteiger partial charge in [-0.3, -0.25) is 9.69 Å². The first-order valence-electron chi connectivity index (χ1n) is 10.4. The number of benzene rings is 2. The van der Waals surface area contributed by atoms with E-state index in [1.807, 2.05) is 12.1 Å². The molecule has 28 heavy (non-hydrogen) atoms. The highest BCUT2D eigenvalue weighted by Gasteiger charge is 2.34. The van der Waals surface area contributed by atoms with Crippen LogP contribution in [0, 0.1) is 11.8 Å². The van der Waals surface area contributed by atoms with Gasteiger partial charge in [-0.05, 0) is 54.5 Å². The minimum Gasteiger partial charge on any atom is -0.497 e. The minimum absolute atomic E-state index is 0.319. The van der Waals surface area contributed by atoms with E-state index in [2.05, 4.69) is 52.3 Å². The molecule has 4 rings (SSSR count). The van der Waals surface area contributed by atoms with Gasteiger partial charge in [-0.25, -0.2) is 0 Å². The molecule has 0 spiro atoms. The number of nitrogens with zero attached hydrogens (tertiary/aromatic N) is 2. The third kappa shape index (κ3) is 4.56. The number of fused-ring (bicyclic) bond motifs is 1. The Balaban J connectivity index is 1.36. The second kappa shape index (κ2) is 8.78. The van der Waals surface area contributed by atoms with Crippen LogP contribution in [-0.4, -0.2) is 42.5 Å². The molecule has 2 aliphatic heterocycles. The molecule has 2 aliphatic rings. The molecule has 4 nitrogen and oxygen atoms in total. The smallest absolute Gasteiger partial charge is 0.223 e. The molecular weight excluding hydrogens is 348 g/mol. The standard InChI is InChI=1S/C24H30N2O2/c1-28-23-9-7-20(8-10-23)17-26-14-12-22-18-25(13-11-21(22)15-24(26)27)16-19-5-3-2-4-6-19/h2-10,21-22H,11-18H2,1H3. The molecule has 2 heterocycles. The first-order valence-corrected chi connectivity index (χ1v) is 10.4. The normalized spacial score (nSPS) is 23.2. The highest BCUT2D eigenvalue weighted by atomic mass is 16.5. The lowest BCUT2D eigenvalue weighted by Crippen LogP contribution is -2.40. The molecule has 148 valence electrons. The molecule has 0 aliphatic carbocycles. The number of methoxy groups -OCH3 is 1. The van der Waals surface area contributed by atoms with Gasteiger partial charge in [-0.15, -0.1) is 0 Å². The number of hydrogen-bond donors (Lipinski definition) is 0. The van der Waals surface area contributed by atoms with Crippen LogP contribution >= 0.6 is 0 Å². The largest absolute Gasteiger partial charge is 0.497 e. The van der Waals surface area contributed by atoms with Crippen LogP contribution in [0.2, 0.25) is 0 Å². The van der Waals surface area contributed by atoms with Gasteiger partial charge in [0.15, 0.2) is 0 Å². The molecule has 2 saturated heterocycles. The Morgan fingerprint density at radius 3 is 2.36 bits per heavy atom. The van der Waals surface area contributed by atoms with Gasteiger partial charge in [-0.2, -0.15) is 0 Å². The maximum atomic E-state index is 12.9. The van der Waals surface area contributed by atoms with Gasteiger partial charge >= 0.3 is 0 Å². The highest BCUT2D eigenvalue weighted by Crippen LogP contribution is 2.33. The number of carbonyl (C=O) groups is 1. The van der Waals surface area contributed by atoms with E-state index >= 15 is 0 Å². The predicted molar refractivity (Wildman–Crippen MR) is 111 cm³/mol. The van der Waals surface area contributed by atoms with E-state index in [-0.39, 0.29) is 0 Å². The summed E-state index contributed by atoms with van der Waals surface area (Å²) in [6.07, 6.45) is 2.96. The van der Waals surface area contributed by atoms with Gasteiger partial charge in [-0.1, -0.05) is 42.5 Å². The fraction of sp³-hybridized carbons (Fsp3) is 0.458. The van der Waals surface area contributed by atoms with Crippen LogP contribution in [0.1, 0.15) is 30.4 Å². The van der Waals surface area contributed by atoms with Crippen molar-refractivity contribution in [3.8, 4) is 5.75 Å². The molecule has 2 unspecified atom stereocenters. The number of carbonyl (C=O) groups excluding carboxylic acids is 1. The van der Waals surface area contributed by atoms with Crippen molar-refractivity contribution in [3.05, 3.63) is 65.7 Å². The first-order chi connectivity index (χ1) is 13.7. The topological polar surface area (TPSA) is 32.8 Å². The number of piperidine rings is 1. The van der Waals surface area contributed by atoms with Crippen molar-refractivity contribution in [2.24, 2.45) is 11.8 Å². The van der Waals surface area contributed by atoms with Crippen LogP contribution in [0.15, 0.2) is 54.6 Å². The summed E-state index contributed by atoms with van der Waals surface area (Å²) in [5.74, 6) is 2.35. The average Bonchev–Trinajstić information content (AvgIpc) is 2.88. The van der Waals surface area contributed by atoms with Gasteiger partial charge < -0.3 is 9.64 Å². The molecule has 0 radical (unpaired) electrons. The zero-order valence-corrected chi connectivity index (χ0v) is 16.7. The Labute approximate surface area is 168 Å². The molecule has 0 saturated carbocycles. The fourth-order valence-corrected chi connectivity index (χ4v) is 4.66. The minimum atomic E-state index is 0.319. The van der Waals surface area contributed by atoms with E-state index in [9.17, 15) is 4.79 Å². The molecule has 0 aromatic heterocycles. The molecule has 0 bridgehead atoms. The highest BCUT2D eigenvalue weighted by molar-refractivity contribution is 5.76. The van der Waals surface area contributed by atoms with Gasteiger partial charge in [0.2, 0.25) is 5.91 Å². The van der Waals surface area contributed by atoms with Crippen molar-refractivity contribution in [3.63, 3.8) is 0 Å². The van der Waals surface area contributed by atoms with Crippen LogP contribution in [0.25, 0.3) is 0 Å². The van der Waals surface area contributed by atoms with Crippen molar-refractivity contribution in [1.29, 1.82) is 0 Å². The van der Waals surface area contributed by atoms with E-state index in [0.717, 1.165) is 44.8 Å². The molecule has 2 aromatic rings. The Morgan fingerprint density at radius 1 is 0.893 bits per heavy atom. The summed E-state index contributed by atoms with van der Waals surface area (Å²) in [5, 5.41) is 0. The second-order valence-electron chi connectivity index (χ2n) is 8.19. The Hall–Kier alpha value is -2.33. The van der Waals surface area contributed by atoms with E-state index in [1.165, 1.54) is 11.1 Å². The number of hydrogen-bond acceptors (Lipinski definition) is 3. The zero-order valence-electron chi connectivity index (χ0n) is 16.7. The zero-order chi connectivity index (χ0) is 19.3. The summed E-state index contributed by atoms with van der Waals surface area (Å²) in [6, 6.07) is 18.8. The monoisotopic (exact) mass is 378 g/mol. The fourth-order valence-electron chi connectivity index (χ4n) is 4.66. The van der Waals surface area contributed by atoms with E-state index in [0.29, 0.717) is 30.7 Å². The molecule has 0 N–H and O–H groups in total. The van der Waals surface area contributed by atoms with Crippen LogP contribution in [0.3, 0.4) is 0 Å². The molecule has 2 fully saturated rings. The van der Waals surface area contributed by atoms with Crippen molar-refractivity contribution in [2.45, 2.75) is 32.4 Å². The van der Waals surface area contributed by atoms with Gasteiger partial charge in [0.05, 0.1) is 7.11 Å². The summed E-state index contributed by atoms with van der Waals surface area (Å²) < 4.78 is 5.23. The van der Waals surface area contributed by atoms with Gasteiger partial charge in [0, 0.05) is 32.6 Å². The number of likely N-dealkylation sites (tertiary alicyclic amines) is 2. The molecular formula is C24H30N2O2. The molecule has 4 heteroatoms. The number of rotatable bonds is 5. The summed E-state index contributed by atoms with van der Waals surface area (Å²) in [6.45, 7) is 4.81. The third-order valence-electron chi connectivity index (χ3n) is 6.32. The van der Waals surface area contributed by atoms with Crippen LogP contribution in [0.5, 0.6) is 5.75 Å². The van der Waals surface area contributed by atoms with Crippen LogP contribution in [0.4, 0.5) is 0 Å². The predicted octanol–water partition coefficient (Wildman–Crippen LogP) is 3.96. The summed E-state index contributed by atoms with van der Waals surface area (Å²) >= 11 is 0. The Morgan fingerprint density at radius 2 is 1.61 bits per heavy atom. The SMILES string of the molecule is COc1ccc(CN2CCC3CN(Cc4ccccc4)CCC3CC2=O)cc1. The van der Waals surface area contributed by atoms with Crippen molar-refractivity contribution >= 4 is 5.91 Å². The van der Waals surface area contributed by atoms with Crippen LogP contribution < -0.4 is 4.74 Å². The Bertz CT molecular complexity index is 775. The quantitative estimate of drug-likeness (QED) is 0.790. The lowest BCUT2D eigenvalue weighted by Gasteiger charge is -2.37. The van der Waals surface area contributed by atoms with Crippen molar-refractivity contribution in [2.75, 3.05) is 26.7 Å². The number of amides is 1. The average molecular weight is 379 g/mol. The lowest BCUT2D eigenvalue weighted by atomic mass is 9.82. The maximum Gasteiger partial charge on any atom is 0.223 e. The number of ether oxygens (including phenoxy) is 1. The first kappa shape index (κ1) is 19.0.